The number of para-hydroxylation sites is 1. The van der Waals surface area contributed by atoms with E-state index in [4.69, 9.17) is 23.4 Å². The van der Waals surface area contributed by atoms with E-state index in [0.717, 1.165) is 41.5 Å². The van der Waals surface area contributed by atoms with Crippen molar-refractivity contribution in [2.24, 2.45) is 0 Å². The molecule has 236 valence electrons. The van der Waals surface area contributed by atoms with Crippen LogP contribution in [0.5, 0.6) is 23.0 Å². The van der Waals surface area contributed by atoms with Crippen LogP contribution in [-0.4, -0.2) is 41.6 Å². The Morgan fingerprint density at radius 1 is 0.826 bits per heavy atom. The number of carbonyl (C=O) groups excluding carboxylic acids is 1. The second kappa shape index (κ2) is 15.9. The Morgan fingerprint density at radius 3 is 2.48 bits per heavy atom. The average molecular weight is 622 g/mol. The number of ketones is 1. The Labute approximate surface area is 266 Å². The van der Waals surface area contributed by atoms with Crippen LogP contribution in [-0.2, 0) is 17.9 Å². The normalized spacial score (nSPS) is 11.3. The zero-order valence-electron chi connectivity index (χ0n) is 25.8. The summed E-state index contributed by atoms with van der Waals surface area (Å²) in [6.45, 7) is 1.44. The van der Waals surface area contributed by atoms with Gasteiger partial charge in [-0.05, 0) is 78.9 Å². The second-order valence-electron chi connectivity index (χ2n) is 10.4. The van der Waals surface area contributed by atoms with Gasteiger partial charge in [-0.2, -0.15) is 0 Å². The van der Waals surface area contributed by atoms with E-state index in [9.17, 15) is 9.59 Å². The lowest BCUT2D eigenvalue weighted by Crippen LogP contribution is -2.04. The summed E-state index contributed by atoms with van der Waals surface area (Å²) in [5, 5.41) is 9.20. The van der Waals surface area contributed by atoms with Crippen molar-refractivity contribution in [3.8, 4) is 23.0 Å². The zero-order valence-corrected chi connectivity index (χ0v) is 25.8. The van der Waals surface area contributed by atoms with E-state index < -0.39 is 5.63 Å². The summed E-state index contributed by atoms with van der Waals surface area (Å²) in [5.41, 5.74) is 2.46. The first-order chi connectivity index (χ1) is 22.5. The molecule has 5 rings (SSSR count). The highest BCUT2D eigenvalue weighted by Crippen LogP contribution is 2.29. The van der Waals surface area contributed by atoms with Gasteiger partial charge in [0.05, 0.1) is 38.5 Å². The van der Waals surface area contributed by atoms with Crippen molar-refractivity contribution in [2.75, 3.05) is 20.8 Å². The van der Waals surface area contributed by atoms with Gasteiger partial charge in [-0.25, -0.2) is 4.79 Å². The molecule has 2 heterocycles. The van der Waals surface area contributed by atoms with Gasteiger partial charge in [-0.1, -0.05) is 47.7 Å². The first-order valence-corrected chi connectivity index (χ1v) is 14.9. The minimum atomic E-state index is -0.425. The van der Waals surface area contributed by atoms with Gasteiger partial charge >= 0.3 is 5.63 Å². The molecule has 46 heavy (non-hydrogen) atoms. The van der Waals surface area contributed by atoms with Crippen LogP contribution < -0.4 is 24.6 Å². The topological polar surface area (TPSA) is 115 Å². The molecule has 0 aliphatic heterocycles. The van der Waals surface area contributed by atoms with Crippen LogP contribution in [0.25, 0.3) is 23.1 Å². The molecule has 0 radical (unpaired) electrons. The number of nitrogens with zero attached hydrogens (tertiary/aromatic N) is 3. The molecule has 0 saturated carbocycles. The number of benzene rings is 3. The van der Waals surface area contributed by atoms with Crippen LogP contribution >= 0.6 is 0 Å². The Bertz CT molecular complexity index is 1890. The van der Waals surface area contributed by atoms with E-state index in [2.05, 4.69) is 10.3 Å². The Kier molecular flexibility index (Phi) is 11.0. The van der Waals surface area contributed by atoms with Crippen molar-refractivity contribution in [3.63, 3.8) is 0 Å². The number of hydrogen-bond acceptors (Lipinski definition) is 9. The molecule has 0 N–H and O–H groups in total. The molecular weight excluding hydrogens is 586 g/mol. The molecule has 0 fully saturated rings. The molecule has 0 amide bonds. The maximum Gasteiger partial charge on any atom is 0.339 e. The summed E-state index contributed by atoms with van der Waals surface area (Å²) in [6.07, 6.45) is 11.0. The summed E-state index contributed by atoms with van der Waals surface area (Å²) in [4.78, 5) is 24.1. The van der Waals surface area contributed by atoms with E-state index in [1.807, 2.05) is 54.7 Å². The van der Waals surface area contributed by atoms with Crippen LogP contribution in [0.1, 0.15) is 36.1 Å². The highest BCUT2D eigenvalue weighted by molar-refractivity contribution is 6.04. The second-order valence-corrected chi connectivity index (χ2v) is 10.4. The number of ether oxygens (including phenoxy) is 4. The third kappa shape index (κ3) is 8.95. The maximum absolute atomic E-state index is 12.3. The molecule has 0 aliphatic carbocycles. The molecule has 0 spiro atoms. The number of unbranched alkanes of at least 4 members (excludes halogenated alkanes) is 2. The van der Waals surface area contributed by atoms with Crippen LogP contribution in [0.15, 0.2) is 100 Å². The third-order valence-electron chi connectivity index (χ3n) is 7.02. The van der Waals surface area contributed by atoms with Gasteiger partial charge in [0.15, 0.2) is 17.3 Å². The predicted molar refractivity (Wildman–Crippen MR) is 175 cm³/mol. The van der Waals surface area contributed by atoms with Crippen molar-refractivity contribution in [3.05, 3.63) is 118 Å². The summed E-state index contributed by atoms with van der Waals surface area (Å²) in [7, 11) is 3.17. The predicted octanol–water partition coefficient (Wildman–Crippen LogP) is 6.53. The highest BCUT2D eigenvalue weighted by atomic mass is 16.5. The molecule has 3 aromatic carbocycles. The molecule has 5 aromatic rings. The number of aryl methyl sites for hydroxylation is 1. The highest BCUT2D eigenvalue weighted by Gasteiger charge is 2.09. The smallest absolute Gasteiger partial charge is 0.339 e. The van der Waals surface area contributed by atoms with Gasteiger partial charge in [0.25, 0.3) is 0 Å². The monoisotopic (exact) mass is 621 g/mol. The minimum Gasteiger partial charge on any atom is -0.497 e. The molecular formula is C36H35N3O7. The Hall–Kier alpha value is -5.64. The maximum atomic E-state index is 12.3. The van der Waals surface area contributed by atoms with E-state index in [-0.39, 0.29) is 12.4 Å². The number of rotatable bonds is 16. The number of fused-ring (bicyclic) bond motifs is 1. The number of carbonyl (C=O) groups is 1. The molecule has 2 aromatic heterocycles. The first kappa shape index (κ1) is 31.8. The Balaban J connectivity index is 1.05. The van der Waals surface area contributed by atoms with Gasteiger partial charge in [-0.3, -0.25) is 9.48 Å². The number of allylic oxidation sites excluding steroid dienone is 2. The van der Waals surface area contributed by atoms with Crippen molar-refractivity contribution in [1.29, 1.82) is 0 Å². The standard InChI is InChI=1S/C36H35N3O7/c1-42-30-10-8-9-26(21-30)13-16-29(40)17-14-27-15-18-33(35(22-27)43-2)45-25-28-24-39(38-37-28)19-6-3-7-20-44-34-23-36(41)46-32-12-5-4-11-31(32)34/h4-5,8-18,21-24H,3,6-7,19-20,25H2,1-2H3/b16-13+,17-14+. The largest absolute Gasteiger partial charge is 0.497 e. The fourth-order valence-corrected chi connectivity index (χ4v) is 4.67. The Morgan fingerprint density at radius 2 is 1.65 bits per heavy atom. The van der Waals surface area contributed by atoms with Crippen LogP contribution in [0.3, 0.4) is 0 Å². The van der Waals surface area contributed by atoms with E-state index in [0.29, 0.717) is 41.7 Å². The van der Waals surface area contributed by atoms with Crippen molar-refractivity contribution < 1.29 is 28.2 Å². The molecule has 10 heteroatoms. The van der Waals surface area contributed by atoms with Crippen LogP contribution in [0.2, 0.25) is 0 Å². The molecule has 0 saturated heterocycles. The molecule has 0 atom stereocenters. The lowest BCUT2D eigenvalue weighted by Gasteiger charge is -2.10. The van der Waals surface area contributed by atoms with Gasteiger partial charge in [-0.15, -0.1) is 5.10 Å². The van der Waals surface area contributed by atoms with Crippen molar-refractivity contribution in [1.82, 2.24) is 15.0 Å². The van der Waals surface area contributed by atoms with E-state index >= 15 is 0 Å². The van der Waals surface area contributed by atoms with Gasteiger partial charge in [0, 0.05) is 6.54 Å². The van der Waals surface area contributed by atoms with Crippen LogP contribution in [0.4, 0.5) is 0 Å². The zero-order chi connectivity index (χ0) is 32.1. The van der Waals surface area contributed by atoms with Gasteiger partial charge in [0.1, 0.15) is 29.4 Å². The fourth-order valence-electron chi connectivity index (χ4n) is 4.67. The summed E-state index contributed by atoms with van der Waals surface area (Å²) >= 11 is 0. The summed E-state index contributed by atoms with van der Waals surface area (Å²) in [5.74, 6) is 2.23. The SMILES string of the molecule is COc1cccc(/C=C/C(=O)/C=C/c2ccc(OCc3cn(CCCCCOc4cc(=O)oc5ccccc45)nn3)c(OC)c2)c1. The van der Waals surface area contributed by atoms with Crippen LogP contribution in [0, 0.1) is 0 Å². The minimum absolute atomic E-state index is 0.144. The number of aromatic nitrogens is 3. The van der Waals surface area contributed by atoms with Crippen molar-refractivity contribution in [2.45, 2.75) is 32.4 Å². The quantitative estimate of drug-likeness (QED) is 0.0689. The number of hydrogen-bond donors (Lipinski definition) is 0. The molecule has 0 bridgehead atoms. The van der Waals surface area contributed by atoms with Gasteiger partial charge in [0.2, 0.25) is 0 Å². The van der Waals surface area contributed by atoms with Gasteiger partial charge < -0.3 is 23.4 Å². The van der Waals surface area contributed by atoms with Crippen molar-refractivity contribution >= 4 is 28.9 Å². The molecule has 0 unspecified atom stereocenters. The van der Waals surface area contributed by atoms with E-state index in [1.165, 1.54) is 18.2 Å². The van der Waals surface area contributed by atoms with E-state index in [1.54, 1.807) is 49.3 Å². The average Bonchev–Trinajstić information content (AvgIpc) is 3.54. The lowest BCUT2D eigenvalue weighted by molar-refractivity contribution is -0.110. The third-order valence-corrected chi connectivity index (χ3v) is 7.02. The fraction of sp³-hybridized carbons (Fsp3) is 0.222. The lowest BCUT2D eigenvalue weighted by atomic mass is 10.1. The summed E-state index contributed by atoms with van der Waals surface area (Å²) < 4.78 is 29.6. The first-order valence-electron chi connectivity index (χ1n) is 14.9. The molecule has 10 nitrogen and oxygen atoms in total. The molecule has 0 aliphatic rings. The summed E-state index contributed by atoms with van der Waals surface area (Å²) in [6, 6.07) is 21.6. The number of methoxy groups -OCH3 is 2.